The maximum atomic E-state index is 6.32. The summed E-state index contributed by atoms with van der Waals surface area (Å²) in [5, 5.41) is 2.47. The van der Waals surface area contributed by atoms with Gasteiger partial charge in [0.25, 0.3) is 0 Å². The first-order valence-electron chi connectivity index (χ1n) is 9.33. The molecule has 0 saturated carbocycles. The average Bonchev–Trinajstić information content (AvgIpc) is 3.36. The fraction of sp³-hybridized carbons (Fsp3) is 0.0833. The first-order chi connectivity index (χ1) is 13.7. The second-order valence-electron chi connectivity index (χ2n) is 7.33. The SMILES string of the molecule is [Cl-].[Cl-].[S]=[Zr+2]([c]1cccc2c1Cc1ccccc1-2)[c]1cccc2c1=CC1=CC(Br)OC=21. The summed E-state index contributed by atoms with van der Waals surface area (Å²) in [5.74, 6) is 0.996. The van der Waals surface area contributed by atoms with Crippen molar-refractivity contribution in [2.75, 3.05) is 0 Å². The van der Waals surface area contributed by atoms with Gasteiger partial charge in [-0.15, -0.1) is 0 Å². The van der Waals surface area contributed by atoms with Gasteiger partial charge in [-0.2, -0.15) is 0 Å². The molecule has 148 valence electrons. The van der Waals surface area contributed by atoms with Crippen LogP contribution in [-0.4, -0.2) is 5.01 Å². The number of hydrogen-bond donors (Lipinski definition) is 0. The van der Waals surface area contributed by atoms with Crippen LogP contribution in [0.5, 0.6) is 0 Å². The molecule has 1 nitrogen and oxygen atoms in total. The topological polar surface area (TPSA) is 9.23 Å². The second kappa shape index (κ2) is 8.56. The van der Waals surface area contributed by atoms with Gasteiger partial charge in [-0.05, 0) is 0 Å². The number of hydrogen-bond acceptors (Lipinski definition) is 2. The van der Waals surface area contributed by atoms with Gasteiger partial charge < -0.3 is 24.8 Å². The van der Waals surface area contributed by atoms with Crippen LogP contribution in [0, 0.1) is 0 Å². The molecule has 30 heavy (non-hydrogen) atoms. The number of halogens is 3. The van der Waals surface area contributed by atoms with Gasteiger partial charge in [-0.3, -0.25) is 0 Å². The molecule has 3 aliphatic rings. The van der Waals surface area contributed by atoms with Gasteiger partial charge in [0.15, 0.2) is 0 Å². The molecule has 0 N–H and O–H groups in total. The van der Waals surface area contributed by atoms with Crippen molar-refractivity contribution in [3.05, 3.63) is 93.9 Å². The summed E-state index contributed by atoms with van der Waals surface area (Å²) in [6, 6.07) is 22.1. The van der Waals surface area contributed by atoms with Crippen LogP contribution in [-0.2, 0) is 30.9 Å². The van der Waals surface area contributed by atoms with Crippen molar-refractivity contribution in [3.63, 3.8) is 0 Å². The van der Waals surface area contributed by atoms with E-state index < -0.39 is 19.7 Å². The van der Waals surface area contributed by atoms with E-state index >= 15 is 0 Å². The summed E-state index contributed by atoms with van der Waals surface area (Å²) in [5.41, 5.74) is 6.83. The standard InChI is InChI=1S/C13H9.C11H6BrO.2ClH.S.Zr/c1-3-7-12-10(5-1)9-11-6-2-4-8-13(11)12;12-10-6-8-5-7-3-1-2-4-9(7)11(8)13-10;;;;/h1-5,7-8H,9H2;1-2,4-6,10H;2*1H;;/q;;;;;+2/p-2. The molecule has 3 aromatic rings. The van der Waals surface area contributed by atoms with E-state index in [0.717, 1.165) is 12.2 Å². The molecule has 0 fully saturated rings. The molecule has 1 atom stereocenters. The molecule has 2 aliphatic carbocycles. The van der Waals surface area contributed by atoms with E-state index in [1.54, 1.807) is 0 Å². The van der Waals surface area contributed by atoms with Crippen LogP contribution >= 0.6 is 24.8 Å². The van der Waals surface area contributed by atoms with E-state index in [1.165, 1.54) is 44.8 Å². The Bertz CT molecular complexity index is 1370. The van der Waals surface area contributed by atoms with Crippen LogP contribution in [0.3, 0.4) is 0 Å². The molecule has 6 heteroatoms. The molecular weight excluding hydrogens is 578 g/mol. The Kier molecular flexibility index (Phi) is 6.37. The Labute approximate surface area is 207 Å². The second-order valence-corrected chi connectivity index (χ2v) is 14.9. The molecule has 1 heterocycles. The van der Waals surface area contributed by atoms with Crippen molar-refractivity contribution in [1.29, 1.82) is 0 Å². The maximum absolute atomic E-state index is 6.32. The van der Waals surface area contributed by atoms with Gasteiger partial charge in [-0.25, -0.2) is 0 Å². The summed E-state index contributed by atoms with van der Waals surface area (Å²) in [7, 11) is 6.32. The predicted molar refractivity (Wildman–Crippen MR) is 117 cm³/mol. The molecule has 0 saturated heterocycles. The van der Waals surface area contributed by atoms with Gasteiger partial charge in [-0.1, -0.05) is 0 Å². The summed E-state index contributed by atoms with van der Waals surface area (Å²) in [6.07, 6.45) is 5.41. The first kappa shape index (κ1) is 22.3. The van der Waals surface area contributed by atoms with Crippen molar-refractivity contribution in [3.8, 4) is 11.1 Å². The third kappa shape index (κ3) is 3.36. The summed E-state index contributed by atoms with van der Waals surface area (Å²) in [6.45, 7) is 0. The van der Waals surface area contributed by atoms with E-state index in [0.29, 0.717) is 0 Å². The minimum atomic E-state index is -2.45. The van der Waals surface area contributed by atoms with Crippen LogP contribution in [0.4, 0.5) is 0 Å². The van der Waals surface area contributed by atoms with Crippen LogP contribution in [0.1, 0.15) is 11.1 Å². The monoisotopic (exact) mass is 590 g/mol. The normalized spacial score (nSPS) is 16.3. The molecule has 3 aromatic carbocycles. The molecule has 1 aliphatic heterocycles. The Morgan fingerprint density at radius 2 is 1.63 bits per heavy atom. The Morgan fingerprint density at radius 1 is 0.900 bits per heavy atom. The van der Waals surface area contributed by atoms with Gasteiger partial charge in [0.2, 0.25) is 0 Å². The van der Waals surface area contributed by atoms with Gasteiger partial charge in [0.1, 0.15) is 0 Å². The molecular formula is C24H15BrCl2OSZr. The summed E-state index contributed by atoms with van der Waals surface area (Å²) >= 11 is 1.08. The van der Waals surface area contributed by atoms with E-state index in [1.807, 2.05) is 0 Å². The van der Waals surface area contributed by atoms with E-state index in [2.05, 4.69) is 88.7 Å². The van der Waals surface area contributed by atoms with Crippen LogP contribution in [0.25, 0.3) is 23.0 Å². The number of rotatable bonds is 2. The fourth-order valence-electron chi connectivity index (χ4n) is 4.55. The molecule has 1 unspecified atom stereocenters. The summed E-state index contributed by atoms with van der Waals surface area (Å²) < 4.78 is 8.80. The van der Waals surface area contributed by atoms with Crippen molar-refractivity contribution >= 4 is 43.2 Å². The molecule has 0 radical (unpaired) electrons. The van der Waals surface area contributed by atoms with Gasteiger partial charge >= 0.3 is 184 Å². The molecule has 6 rings (SSSR count). The molecule has 0 spiro atoms. The van der Waals surface area contributed by atoms with Crippen molar-refractivity contribution in [2.45, 2.75) is 11.4 Å². The van der Waals surface area contributed by atoms with E-state index in [9.17, 15) is 0 Å². The quantitative estimate of drug-likeness (QED) is 0.239. The van der Waals surface area contributed by atoms with E-state index in [-0.39, 0.29) is 29.8 Å². The number of alkyl halides is 1. The van der Waals surface area contributed by atoms with Crippen LogP contribution < -0.4 is 41.8 Å². The van der Waals surface area contributed by atoms with Gasteiger partial charge in [0.05, 0.1) is 0 Å². The van der Waals surface area contributed by atoms with Gasteiger partial charge in [0, 0.05) is 0 Å². The third-order valence-electron chi connectivity index (χ3n) is 5.79. The zero-order valence-corrected chi connectivity index (χ0v) is 22.0. The third-order valence-corrected chi connectivity index (χ3v) is 13.5. The van der Waals surface area contributed by atoms with E-state index in [4.69, 9.17) is 13.6 Å². The Hall–Kier alpha value is -0.897. The number of fused-ring (bicyclic) bond motifs is 5. The predicted octanol–water partition coefficient (Wildman–Crippen LogP) is -2.47. The van der Waals surface area contributed by atoms with Crippen LogP contribution in [0.15, 0.2) is 72.3 Å². The first-order valence-corrected chi connectivity index (χ1v) is 16.1. The average molecular weight is 593 g/mol. The zero-order chi connectivity index (χ0) is 18.8. The van der Waals surface area contributed by atoms with Crippen molar-refractivity contribution in [2.24, 2.45) is 0 Å². The van der Waals surface area contributed by atoms with Crippen molar-refractivity contribution in [1.82, 2.24) is 0 Å². The van der Waals surface area contributed by atoms with Crippen molar-refractivity contribution < 1.29 is 49.3 Å². The summed E-state index contributed by atoms with van der Waals surface area (Å²) in [4.78, 5) is 0. The van der Waals surface area contributed by atoms with Crippen LogP contribution in [0.2, 0.25) is 0 Å². The molecule has 0 amide bonds. The molecule has 0 bridgehead atoms. The minimum absolute atomic E-state index is 0. The number of ether oxygens (including phenoxy) is 1. The Balaban J connectivity index is 0.00000109. The zero-order valence-electron chi connectivity index (χ0n) is 15.7. The molecule has 0 aromatic heterocycles. The fourth-order valence-corrected chi connectivity index (χ4v) is 11.5. The number of benzene rings is 3. The Morgan fingerprint density at radius 3 is 2.50 bits per heavy atom.